The van der Waals surface area contributed by atoms with Crippen LogP contribution >= 0.6 is 0 Å². The molecule has 2 fully saturated rings. The standard InChI is InChI=1S/C31H43N3O15Si/c1-16(35)41-14-21-24(43-17(2)36)27(44-18(3)37)28(45-19(4)38)31(47-21)48-26-23(33-34-32)30(40-5)46-22(25(26)49-50(6,7)8)15-42-29(39)20-12-10-9-11-13-20/h9-13,21-28,30-31H,14-15H2,1-8H3/t21-,22-,23-,24+,25+,26-,27+,28-,30+,31+/m1/s1. The number of methoxy groups -OCH3 is 1. The number of hydrogen-bond donors (Lipinski definition) is 0. The van der Waals surface area contributed by atoms with Gasteiger partial charge in [0.2, 0.25) is 0 Å². The first kappa shape index (κ1) is 40.3. The van der Waals surface area contributed by atoms with E-state index >= 15 is 0 Å². The van der Waals surface area contributed by atoms with E-state index in [4.69, 9.17) is 47.1 Å². The summed E-state index contributed by atoms with van der Waals surface area (Å²) in [5.74, 6) is -3.85. The number of carbonyl (C=O) groups is 5. The molecule has 0 saturated carbocycles. The van der Waals surface area contributed by atoms with E-state index in [0.717, 1.165) is 27.7 Å². The largest absolute Gasteiger partial charge is 0.463 e. The van der Waals surface area contributed by atoms with Crippen molar-refractivity contribution < 1.29 is 71.0 Å². The predicted octanol–water partition coefficient (Wildman–Crippen LogP) is 2.58. The summed E-state index contributed by atoms with van der Waals surface area (Å²) in [7, 11) is -1.24. The molecule has 0 aliphatic carbocycles. The van der Waals surface area contributed by atoms with Crippen LogP contribution in [-0.2, 0) is 66.2 Å². The molecule has 0 bridgehead atoms. The fourth-order valence-corrected chi connectivity index (χ4v) is 6.48. The van der Waals surface area contributed by atoms with Gasteiger partial charge in [-0.05, 0) is 37.3 Å². The summed E-state index contributed by atoms with van der Waals surface area (Å²) in [6, 6.07) is 6.96. The average molecular weight is 726 g/mol. The molecule has 276 valence electrons. The minimum absolute atomic E-state index is 0.284. The first-order valence-electron chi connectivity index (χ1n) is 15.6. The SMILES string of the molecule is CO[C@H]1O[C@H](COC(=O)c2ccccc2)[C@H](O[Si](C)(C)C)[C@H](O[C@@H]2O[C@H](COC(C)=O)[C@H](OC(C)=O)[C@H](OC(C)=O)[C@H]2OC(C)=O)[C@H]1N=[N+]=[N-]. The number of esters is 5. The van der Waals surface area contributed by atoms with Gasteiger partial charge in [-0.1, -0.05) is 23.3 Å². The number of ether oxygens (including phenoxy) is 9. The highest BCUT2D eigenvalue weighted by Gasteiger charge is 2.56. The molecule has 1 aromatic rings. The Balaban J connectivity index is 2.12. The summed E-state index contributed by atoms with van der Waals surface area (Å²) in [6.07, 6.45) is -12.3. The number of rotatable bonds is 14. The van der Waals surface area contributed by atoms with Gasteiger partial charge in [-0.15, -0.1) is 0 Å². The molecule has 2 heterocycles. The lowest BCUT2D eigenvalue weighted by atomic mass is 9.95. The molecular weight excluding hydrogens is 682 g/mol. The van der Waals surface area contributed by atoms with Gasteiger partial charge in [-0.2, -0.15) is 0 Å². The highest BCUT2D eigenvalue weighted by molar-refractivity contribution is 6.69. The molecule has 0 radical (unpaired) electrons. The molecule has 50 heavy (non-hydrogen) atoms. The molecule has 0 N–H and O–H groups in total. The van der Waals surface area contributed by atoms with Crippen molar-refractivity contribution in [3.05, 3.63) is 46.3 Å². The second-order valence-electron chi connectivity index (χ2n) is 12.3. The Kier molecular flexibility index (Phi) is 14.7. The second-order valence-corrected chi connectivity index (χ2v) is 16.8. The van der Waals surface area contributed by atoms with Crippen LogP contribution in [0.25, 0.3) is 10.4 Å². The molecule has 18 nitrogen and oxygen atoms in total. The molecule has 0 unspecified atom stereocenters. The molecular formula is C31H43N3O15Si. The van der Waals surface area contributed by atoms with Gasteiger partial charge < -0.3 is 47.1 Å². The monoisotopic (exact) mass is 725 g/mol. The van der Waals surface area contributed by atoms with Crippen molar-refractivity contribution >= 4 is 38.2 Å². The van der Waals surface area contributed by atoms with Crippen LogP contribution < -0.4 is 0 Å². The van der Waals surface area contributed by atoms with E-state index in [1.807, 2.05) is 19.6 Å². The third kappa shape index (κ3) is 11.5. The Bertz CT molecular complexity index is 1400. The van der Waals surface area contributed by atoms with Crippen molar-refractivity contribution in [3.8, 4) is 0 Å². The molecule has 1 aromatic carbocycles. The highest BCUT2D eigenvalue weighted by Crippen LogP contribution is 2.36. The zero-order valence-electron chi connectivity index (χ0n) is 29.0. The van der Waals surface area contributed by atoms with Crippen LogP contribution in [0.2, 0.25) is 19.6 Å². The Morgan fingerprint density at radius 2 is 1.28 bits per heavy atom. The molecule has 0 amide bonds. The zero-order chi connectivity index (χ0) is 37.2. The van der Waals surface area contributed by atoms with Gasteiger partial charge in [0.05, 0.1) is 5.56 Å². The van der Waals surface area contributed by atoms with Crippen LogP contribution in [0.4, 0.5) is 0 Å². The van der Waals surface area contributed by atoms with Gasteiger partial charge in [0.1, 0.15) is 43.7 Å². The van der Waals surface area contributed by atoms with Gasteiger partial charge in [0.25, 0.3) is 0 Å². The van der Waals surface area contributed by atoms with E-state index in [0.29, 0.717) is 0 Å². The van der Waals surface area contributed by atoms with Crippen LogP contribution in [0.1, 0.15) is 38.1 Å². The lowest BCUT2D eigenvalue weighted by Crippen LogP contribution is -2.67. The average Bonchev–Trinajstić information content (AvgIpc) is 3.02. The van der Waals surface area contributed by atoms with Crippen LogP contribution in [0.15, 0.2) is 35.4 Å². The van der Waals surface area contributed by atoms with E-state index in [9.17, 15) is 29.5 Å². The highest BCUT2D eigenvalue weighted by atomic mass is 28.4. The van der Waals surface area contributed by atoms with E-state index in [1.165, 1.54) is 7.11 Å². The number of hydrogen-bond acceptors (Lipinski definition) is 16. The number of azide groups is 1. The lowest BCUT2D eigenvalue weighted by molar-refractivity contribution is -0.342. The Labute approximate surface area is 289 Å². The molecule has 0 aromatic heterocycles. The van der Waals surface area contributed by atoms with Crippen molar-refractivity contribution in [2.24, 2.45) is 5.11 Å². The minimum Gasteiger partial charge on any atom is -0.463 e. The predicted molar refractivity (Wildman–Crippen MR) is 170 cm³/mol. The molecule has 19 heteroatoms. The van der Waals surface area contributed by atoms with E-state index in [2.05, 4.69) is 10.0 Å². The number of carbonyl (C=O) groups excluding carboxylic acids is 5. The van der Waals surface area contributed by atoms with E-state index in [1.54, 1.807) is 30.3 Å². The second kappa shape index (κ2) is 18.2. The molecule has 2 aliphatic rings. The fourth-order valence-electron chi connectivity index (χ4n) is 5.38. The van der Waals surface area contributed by atoms with Gasteiger partial charge >= 0.3 is 29.8 Å². The normalized spacial score (nSPS) is 29.4. The van der Waals surface area contributed by atoms with Gasteiger partial charge in [-0.3, -0.25) is 19.2 Å². The number of benzene rings is 1. The molecule has 0 spiro atoms. The van der Waals surface area contributed by atoms with Crippen molar-refractivity contribution in [1.82, 2.24) is 0 Å². The maximum Gasteiger partial charge on any atom is 0.338 e. The van der Waals surface area contributed by atoms with Crippen LogP contribution in [0.3, 0.4) is 0 Å². The summed E-state index contributed by atoms with van der Waals surface area (Å²) < 4.78 is 58.1. The summed E-state index contributed by atoms with van der Waals surface area (Å²) in [5, 5.41) is 3.87. The summed E-state index contributed by atoms with van der Waals surface area (Å²) in [4.78, 5) is 64.5. The summed E-state index contributed by atoms with van der Waals surface area (Å²) in [6.45, 7) is 9.16. The van der Waals surface area contributed by atoms with E-state index in [-0.39, 0.29) is 12.2 Å². The minimum atomic E-state index is -2.53. The lowest BCUT2D eigenvalue weighted by Gasteiger charge is -2.49. The summed E-state index contributed by atoms with van der Waals surface area (Å²) >= 11 is 0. The van der Waals surface area contributed by atoms with Crippen molar-refractivity contribution in [3.63, 3.8) is 0 Å². The maximum absolute atomic E-state index is 12.9. The third-order valence-corrected chi connectivity index (χ3v) is 8.13. The van der Waals surface area contributed by atoms with Crippen molar-refractivity contribution in [1.29, 1.82) is 0 Å². The molecule has 10 atom stereocenters. The molecule has 3 rings (SSSR count). The zero-order valence-corrected chi connectivity index (χ0v) is 30.0. The quantitative estimate of drug-likeness (QED) is 0.0671. The maximum atomic E-state index is 12.9. The molecule has 2 saturated heterocycles. The van der Waals surface area contributed by atoms with Crippen molar-refractivity contribution in [2.75, 3.05) is 20.3 Å². The van der Waals surface area contributed by atoms with Gasteiger partial charge in [-0.25, -0.2) is 4.79 Å². The van der Waals surface area contributed by atoms with Crippen LogP contribution in [0, 0.1) is 0 Å². The number of nitrogens with zero attached hydrogens (tertiary/aromatic N) is 3. The Morgan fingerprint density at radius 3 is 1.82 bits per heavy atom. The smallest absolute Gasteiger partial charge is 0.338 e. The third-order valence-electron chi connectivity index (χ3n) is 7.15. The van der Waals surface area contributed by atoms with Gasteiger partial charge in [0.15, 0.2) is 39.2 Å². The van der Waals surface area contributed by atoms with E-state index < -0.39 is 106 Å². The first-order chi connectivity index (χ1) is 23.5. The van der Waals surface area contributed by atoms with Gasteiger partial charge in [0, 0.05) is 39.7 Å². The fraction of sp³-hybridized carbons (Fsp3) is 0.645. The first-order valence-corrected chi connectivity index (χ1v) is 19.0. The van der Waals surface area contributed by atoms with Crippen LogP contribution in [-0.4, -0.2) is 120 Å². The Morgan fingerprint density at radius 1 is 0.740 bits per heavy atom. The molecule has 2 aliphatic heterocycles. The van der Waals surface area contributed by atoms with Crippen molar-refractivity contribution in [2.45, 2.75) is 109 Å². The van der Waals surface area contributed by atoms with Crippen LogP contribution in [0.5, 0.6) is 0 Å². The topological polar surface area (TPSA) is 226 Å². The summed E-state index contributed by atoms with van der Waals surface area (Å²) in [5.41, 5.74) is 9.86. The Hall–Kier alpha value is -4.10.